The molecule has 1 aliphatic heterocycles. The second-order valence-corrected chi connectivity index (χ2v) is 6.80. The van der Waals surface area contributed by atoms with Crippen molar-refractivity contribution < 1.29 is 19.4 Å². The minimum absolute atomic E-state index is 0.311. The Labute approximate surface area is 125 Å². The molecule has 0 aromatic heterocycles. The maximum absolute atomic E-state index is 12.1. The summed E-state index contributed by atoms with van der Waals surface area (Å²) in [7, 11) is 0. The molecule has 0 radical (unpaired) electrons. The van der Waals surface area contributed by atoms with E-state index >= 15 is 0 Å². The molecule has 2 aliphatic rings. The average Bonchev–Trinajstić information content (AvgIpc) is 2.84. The van der Waals surface area contributed by atoms with E-state index in [1.807, 2.05) is 13.8 Å². The summed E-state index contributed by atoms with van der Waals surface area (Å²) < 4.78 is 5.61. The van der Waals surface area contributed by atoms with Crippen LogP contribution in [0.15, 0.2) is 0 Å². The summed E-state index contributed by atoms with van der Waals surface area (Å²) in [6, 6.07) is -0.414. The van der Waals surface area contributed by atoms with Gasteiger partial charge in [-0.1, -0.05) is 19.8 Å². The lowest BCUT2D eigenvalue weighted by atomic mass is 9.76. The van der Waals surface area contributed by atoms with Crippen LogP contribution in [0, 0.1) is 5.92 Å². The van der Waals surface area contributed by atoms with Crippen molar-refractivity contribution in [3.63, 3.8) is 0 Å². The van der Waals surface area contributed by atoms with E-state index in [1.54, 1.807) is 0 Å². The van der Waals surface area contributed by atoms with Gasteiger partial charge in [0, 0.05) is 13.2 Å². The van der Waals surface area contributed by atoms with Crippen molar-refractivity contribution >= 4 is 12.0 Å². The molecule has 0 bridgehead atoms. The maximum atomic E-state index is 12.1. The highest BCUT2D eigenvalue weighted by Gasteiger charge is 2.43. The van der Waals surface area contributed by atoms with Crippen LogP contribution in [0.1, 0.15) is 52.4 Å². The van der Waals surface area contributed by atoms with Crippen LogP contribution in [0.5, 0.6) is 0 Å². The monoisotopic (exact) mass is 298 g/mol. The van der Waals surface area contributed by atoms with Crippen LogP contribution >= 0.6 is 0 Å². The number of amides is 2. The Morgan fingerprint density at radius 1 is 1.33 bits per heavy atom. The molecular formula is C15H26N2O4. The van der Waals surface area contributed by atoms with Crippen molar-refractivity contribution in [1.82, 2.24) is 10.6 Å². The summed E-state index contributed by atoms with van der Waals surface area (Å²) in [5.74, 6) is -0.627. The molecule has 1 heterocycles. The number of hydrogen-bond donors (Lipinski definition) is 3. The topological polar surface area (TPSA) is 87.7 Å². The Kier molecular flexibility index (Phi) is 4.76. The Balaban J connectivity index is 1.91. The standard InChI is InChI=1S/C15H26N2O4/c1-11-5-3-7-15(9-11,12(18)19)17-13(20)16-10-14(2)6-4-8-21-14/h11H,3-10H2,1-2H3,(H,18,19)(H2,16,17,20). The number of nitrogens with one attached hydrogen (secondary N) is 2. The third kappa shape index (κ3) is 3.87. The van der Waals surface area contributed by atoms with E-state index in [2.05, 4.69) is 10.6 Å². The molecule has 1 saturated carbocycles. The van der Waals surface area contributed by atoms with Crippen LogP contribution in [-0.4, -0.2) is 41.4 Å². The van der Waals surface area contributed by atoms with Gasteiger partial charge >= 0.3 is 12.0 Å². The molecule has 0 aromatic rings. The van der Waals surface area contributed by atoms with Gasteiger partial charge in [0.25, 0.3) is 0 Å². The zero-order valence-electron chi connectivity index (χ0n) is 12.9. The molecule has 2 amide bonds. The van der Waals surface area contributed by atoms with Crippen LogP contribution < -0.4 is 10.6 Å². The third-order valence-corrected chi connectivity index (χ3v) is 4.68. The molecule has 1 saturated heterocycles. The van der Waals surface area contributed by atoms with Crippen molar-refractivity contribution in [2.75, 3.05) is 13.2 Å². The van der Waals surface area contributed by atoms with Crippen LogP contribution in [0.3, 0.4) is 0 Å². The predicted molar refractivity (Wildman–Crippen MR) is 78.1 cm³/mol. The first kappa shape index (κ1) is 16.1. The molecule has 21 heavy (non-hydrogen) atoms. The van der Waals surface area contributed by atoms with E-state index in [4.69, 9.17) is 4.74 Å². The van der Waals surface area contributed by atoms with E-state index in [-0.39, 0.29) is 5.60 Å². The molecule has 120 valence electrons. The fourth-order valence-electron chi connectivity index (χ4n) is 3.42. The predicted octanol–water partition coefficient (Wildman–Crippen LogP) is 1.89. The summed E-state index contributed by atoms with van der Waals surface area (Å²) in [6.45, 7) is 5.13. The first-order valence-corrected chi connectivity index (χ1v) is 7.79. The zero-order chi connectivity index (χ0) is 15.5. The summed E-state index contributed by atoms with van der Waals surface area (Å²) in [4.78, 5) is 23.7. The van der Waals surface area contributed by atoms with Crippen LogP contribution in [0.2, 0.25) is 0 Å². The number of rotatable bonds is 4. The largest absolute Gasteiger partial charge is 0.480 e. The average molecular weight is 298 g/mol. The number of carboxylic acids is 1. The van der Waals surface area contributed by atoms with E-state index in [9.17, 15) is 14.7 Å². The molecule has 6 heteroatoms. The van der Waals surface area contributed by atoms with Gasteiger partial charge in [0.1, 0.15) is 5.54 Å². The Hall–Kier alpha value is -1.30. The fourth-order valence-corrected chi connectivity index (χ4v) is 3.42. The minimum Gasteiger partial charge on any atom is -0.480 e. The van der Waals surface area contributed by atoms with Crippen molar-refractivity contribution in [3.8, 4) is 0 Å². The van der Waals surface area contributed by atoms with Crippen LogP contribution in [-0.2, 0) is 9.53 Å². The van der Waals surface area contributed by atoms with Crippen molar-refractivity contribution in [2.45, 2.75) is 63.5 Å². The lowest BCUT2D eigenvalue weighted by molar-refractivity contribution is -0.146. The smallest absolute Gasteiger partial charge is 0.329 e. The Bertz CT molecular complexity index is 406. The first-order chi connectivity index (χ1) is 9.85. The van der Waals surface area contributed by atoms with E-state index in [0.29, 0.717) is 25.3 Å². The number of ether oxygens (including phenoxy) is 1. The Morgan fingerprint density at radius 2 is 2.10 bits per heavy atom. The molecule has 0 aromatic carbocycles. The summed E-state index contributed by atoms with van der Waals surface area (Å²) in [6.07, 6.45) is 4.74. The molecule has 3 unspecified atom stereocenters. The second-order valence-electron chi connectivity index (χ2n) is 6.80. The molecule has 0 spiro atoms. The SMILES string of the molecule is CC1CCCC(NC(=O)NCC2(C)CCCO2)(C(=O)O)C1. The zero-order valence-corrected chi connectivity index (χ0v) is 12.9. The number of carbonyl (C=O) groups excluding carboxylic acids is 1. The number of aliphatic carboxylic acids is 1. The quantitative estimate of drug-likeness (QED) is 0.739. The van der Waals surface area contributed by atoms with Gasteiger partial charge in [0.2, 0.25) is 0 Å². The number of carboxylic acid groups (broad SMARTS) is 1. The van der Waals surface area contributed by atoms with Gasteiger partial charge in [-0.2, -0.15) is 0 Å². The first-order valence-electron chi connectivity index (χ1n) is 7.79. The maximum Gasteiger partial charge on any atom is 0.329 e. The van der Waals surface area contributed by atoms with Gasteiger partial charge < -0.3 is 20.5 Å². The highest BCUT2D eigenvalue weighted by Crippen LogP contribution is 2.32. The molecule has 2 rings (SSSR count). The van der Waals surface area contributed by atoms with Gasteiger partial charge in [0.05, 0.1) is 5.60 Å². The van der Waals surface area contributed by atoms with E-state index in [0.717, 1.165) is 32.3 Å². The number of urea groups is 1. The van der Waals surface area contributed by atoms with Crippen molar-refractivity contribution in [3.05, 3.63) is 0 Å². The summed E-state index contributed by atoms with van der Waals surface area (Å²) >= 11 is 0. The molecule has 2 fully saturated rings. The molecular weight excluding hydrogens is 272 g/mol. The highest BCUT2D eigenvalue weighted by atomic mass is 16.5. The molecule has 3 N–H and O–H groups in total. The third-order valence-electron chi connectivity index (χ3n) is 4.68. The van der Waals surface area contributed by atoms with Gasteiger partial charge in [-0.15, -0.1) is 0 Å². The van der Waals surface area contributed by atoms with E-state index < -0.39 is 17.5 Å². The van der Waals surface area contributed by atoms with Gasteiger partial charge in [-0.05, 0) is 38.5 Å². The second kappa shape index (κ2) is 6.22. The summed E-state index contributed by atoms with van der Waals surface area (Å²) in [5, 5.41) is 15.0. The number of hydrogen-bond acceptors (Lipinski definition) is 3. The summed E-state index contributed by atoms with van der Waals surface area (Å²) in [5.41, 5.74) is -1.45. The van der Waals surface area contributed by atoms with Gasteiger partial charge in [-0.25, -0.2) is 9.59 Å². The van der Waals surface area contributed by atoms with Crippen LogP contribution in [0.4, 0.5) is 4.79 Å². The van der Waals surface area contributed by atoms with Gasteiger partial charge in [0.15, 0.2) is 0 Å². The number of carbonyl (C=O) groups is 2. The van der Waals surface area contributed by atoms with Gasteiger partial charge in [-0.3, -0.25) is 0 Å². The molecule has 3 atom stereocenters. The molecule has 1 aliphatic carbocycles. The molecule has 6 nitrogen and oxygen atoms in total. The lowest BCUT2D eigenvalue weighted by Crippen LogP contribution is -2.60. The lowest BCUT2D eigenvalue weighted by Gasteiger charge is -2.37. The highest BCUT2D eigenvalue weighted by molar-refractivity contribution is 5.86. The fraction of sp³-hybridized carbons (Fsp3) is 0.867. The van der Waals surface area contributed by atoms with Crippen molar-refractivity contribution in [2.24, 2.45) is 5.92 Å². The Morgan fingerprint density at radius 3 is 2.67 bits per heavy atom. The van der Waals surface area contributed by atoms with Crippen molar-refractivity contribution in [1.29, 1.82) is 0 Å². The minimum atomic E-state index is -1.13. The van der Waals surface area contributed by atoms with Crippen LogP contribution in [0.25, 0.3) is 0 Å². The van der Waals surface area contributed by atoms with E-state index in [1.165, 1.54) is 0 Å². The normalized spacial score (nSPS) is 36.2.